The van der Waals surface area contributed by atoms with Crippen molar-refractivity contribution in [1.82, 2.24) is 9.80 Å². The van der Waals surface area contributed by atoms with Gasteiger partial charge in [0.2, 0.25) is 5.91 Å². The summed E-state index contributed by atoms with van der Waals surface area (Å²) in [6, 6.07) is 2.00. The van der Waals surface area contributed by atoms with Gasteiger partial charge >= 0.3 is 0 Å². The number of hydrogen-bond donors (Lipinski definition) is 0. The minimum Gasteiger partial charge on any atom is -0.372 e. The maximum absolute atomic E-state index is 12.8. The van der Waals surface area contributed by atoms with Crippen molar-refractivity contribution in [3.63, 3.8) is 0 Å². The van der Waals surface area contributed by atoms with E-state index in [2.05, 4.69) is 4.90 Å². The van der Waals surface area contributed by atoms with Crippen molar-refractivity contribution >= 4 is 23.2 Å². The van der Waals surface area contributed by atoms with Crippen LogP contribution in [0.25, 0.3) is 0 Å². The number of nitrogens with zero attached hydrogens (tertiary/aromatic N) is 2. The molecule has 0 N–H and O–H groups in total. The summed E-state index contributed by atoms with van der Waals surface area (Å²) >= 11 is 1.52. The molecule has 1 aromatic heterocycles. The Bertz CT molecular complexity index is 674. The number of carbonyl (C=O) groups is 2. The zero-order valence-corrected chi connectivity index (χ0v) is 16.4. The lowest BCUT2D eigenvalue weighted by Gasteiger charge is -2.43. The van der Waals surface area contributed by atoms with Crippen molar-refractivity contribution in [2.45, 2.75) is 51.0 Å². The highest BCUT2D eigenvalue weighted by atomic mass is 32.1. The van der Waals surface area contributed by atoms with Gasteiger partial charge in [-0.2, -0.15) is 0 Å². The fourth-order valence-electron chi connectivity index (χ4n) is 4.30. The van der Waals surface area contributed by atoms with Crippen LogP contribution in [0.3, 0.4) is 0 Å². The largest absolute Gasteiger partial charge is 0.372 e. The van der Waals surface area contributed by atoms with Crippen LogP contribution in [0, 0.1) is 12.8 Å². The van der Waals surface area contributed by atoms with Crippen LogP contribution in [0.15, 0.2) is 11.4 Å². The molecule has 1 spiro atoms. The number of piperidine rings is 1. The lowest BCUT2D eigenvalue weighted by molar-refractivity contribution is -0.133. The Morgan fingerprint density at radius 1 is 1.35 bits per heavy atom. The van der Waals surface area contributed by atoms with E-state index in [1.54, 1.807) is 0 Å². The van der Waals surface area contributed by atoms with E-state index in [-0.39, 0.29) is 17.4 Å². The highest BCUT2D eigenvalue weighted by Crippen LogP contribution is 2.34. The summed E-state index contributed by atoms with van der Waals surface area (Å²) in [7, 11) is 0. The first-order chi connectivity index (χ1) is 12.6. The van der Waals surface area contributed by atoms with E-state index in [1.165, 1.54) is 30.6 Å². The van der Waals surface area contributed by atoms with E-state index in [1.807, 2.05) is 23.3 Å². The van der Waals surface area contributed by atoms with Crippen LogP contribution in [0.1, 0.15) is 53.8 Å². The predicted molar refractivity (Wildman–Crippen MR) is 101 cm³/mol. The first-order valence-corrected chi connectivity index (χ1v) is 10.7. The molecule has 26 heavy (non-hydrogen) atoms. The van der Waals surface area contributed by atoms with Gasteiger partial charge in [-0.25, -0.2) is 0 Å². The van der Waals surface area contributed by atoms with Gasteiger partial charge < -0.3 is 14.5 Å². The number of likely N-dealkylation sites (tertiary alicyclic amines) is 1. The molecule has 3 fully saturated rings. The molecule has 1 aliphatic carbocycles. The van der Waals surface area contributed by atoms with Crippen LogP contribution in [0.2, 0.25) is 0 Å². The van der Waals surface area contributed by atoms with E-state index in [0.717, 1.165) is 29.8 Å². The van der Waals surface area contributed by atoms with Gasteiger partial charge in [-0.3, -0.25) is 9.59 Å². The van der Waals surface area contributed by atoms with Gasteiger partial charge in [-0.1, -0.05) is 6.42 Å². The highest BCUT2D eigenvalue weighted by molar-refractivity contribution is 7.12. The summed E-state index contributed by atoms with van der Waals surface area (Å²) in [5.41, 5.74) is 0.792. The molecule has 3 aliphatic rings. The Morgan fingerprint density at radius 2 is 2.12 bits per heavy atom. The van der Waals surface area contributed by atoms with Crippen molar-refractivity contribution in [2.24, 2.45) is 5.92 Å². The van der Waals surface area contributed by atoms with E-state index in [0.29, 0.717) is 38.6 Å². The molecule has 1 saturated carbocycles. The Hall–Kier alpha value is -1.40. The molecule has 3 heterocycles. The molecule has 0 unspecified atom stereocenters. The number of ether oxygens (including phenoxy) is 1. The Balaban J connectivity index is 1.40. The van der Waals surface area contributed by atoms with E-state index in [4.69, 9.17) is 4.74 Å². The van der Waals surface area contributed by atoms with Crippen molar-refractivity contribution < 1.29 is 14.3 Å². The minimum atomic E-state index is -0.267. The topological polar surface area (TPSA) is 49.9 Å². The second kappa shape index (κ2) is 7.31. The molecular weight excluding hydrogens is 348 g/mol. The zero-order chi connectivity index (χ0) is 18.1. The Morgan fingerprint density at radius 3 is 2.73 bits per heavy atom. The summed E-state index contributed by atoms with van der Waals surface area (Å²) in [6.45, 7) is 5.51. The second-order valence-electron chi connectivity index (χ2n) is 8.08. The maximum atomic E-state index is 12.8. The van der Waals surface area contributed by atoms with Gasteiger partial charge in [0.05, 0.1) is 23.5 Å². The molecule has 0 bridgehead atoms. The first kappa shape index (κ1) is 18.0. The van der Waals surface area contributed by atoms with Crippen LogP contribution in [0.4, 0.5) is 0 Å². The summed E-state index contributed by atoms with van der Waals surface area (Å²) < 4.78 is 6.21. The molecule has 6 heteroatoms. The molecule has 2 amide bonds. The number of carbonyl (C=O) groups excluding carboxylic acids is 2. The quantitative estimate of drug-likeness (QED) is 0.815. The van der Waals surface area contributed by atoms with Crippen LogP contribution in [-0.4, -0.2) is 60.0 Å². The molecule has 0 atom stereocenters. The Labute approximate surface area is 159 Å². The fourth-order valence-corrected chi connectivity index (χ4v) is 5.20. The van der Waals surface area contributed by atoms with Crippen LogP contribution >= 0.6 is 11.3 Å². The van der Waals surface area contributed by atoms with Gasteiger partial charge in [-0.15, -0.1) is 11.3 Å². The van der Waals surface area contributed by atoms with Gasteiger partial charge in [0.25, 0.3) is 5.91 Å². The SMILES string of the molecule is Cc1ccsc1C(=O)N1CCC2(CC1)CN(CC1CCC1)C(=O)CCO2. The fraction of sp³-hybridized carbons (Fsp3) is 0.700. The van der Waals surface area contributed by atoms with Crippen LogP contribution in [-0.2, 0) is 9.53 Å². The summed E-state index contributed by atoms with van der Waals surface area (Å²) in [4.78, 5) is 30.1. The lowest BCUT2D eigenvalue weighted by atomic mass is 9.84. The minimum absolute atomic E-state index is 0.142. The van der Waals surface area contributed by atoms with Gasteiger partial charge in [-0.05, 0) is 55.5 Å². The summed E-state index contributed by atoms with van der Waals surface area (Å²) in [5, 5.41) is 1.98. The average molecular weight is 377 g/mol. The summed E-state index contributed by atoms with van der Waals surface area (Å²) in [6.07, 6.45) is 5.93. The molecule has 2 saturated heterocycles. The van der Waals surface area contributed by atoms with Crippen molar-refractivity contribution in [3.8, 4) is 0 Å². The number of hydrogen-bond acceptors (Lipinski definition) is 4. The van der Waals surface area contributed by atoms with Gasteiger partial charge in [0, 0.05) is 26.2 Å². The van der Waals surface area contributed by atoms with Crippen molar-refractivity contribution in [3.05, 3.63) is 21.9 Å². The molecule has 5 nitrogen and oxygen atoms in total. The van der Waals surface area contributed by atoms with E-state index in [9.17, 15) is 9.59 Å². The number of aryl methyl sites for hydroxylation is 1. The van der Waals surface area contributed by atoms with E-state index >= 15 is 0 Å². The number of thiophene rings is 1. The lowest BCUT2D eigenvalue weighted by Crippen LogP contribution is -2.53. The third-order valence-corrected chi connectivity index (χ3v) is 7.28. The average Bonchev–Trinajstić information content (AvgIpc) is 2.96. The normalized spacial score (nSPS) is 23.8. The maximum Gasteiger partial charge on any atom is 0.264 e. The molecule has 1 aromatic rings. The standard InChI is InChI=1S/C20H28N2O3S/c1-15-6-12-26-18(15)19(24)21-9-7-20(8-10-21)14-22(13-16-3-2-4-16)17(23)5-11-25-20/h6,12,16H,2-5,7-11,13-14H2,1H3. The first-order valence-electron chi connectivity index (χ1n) is 9.81. The van der Waals surface area contributed by atoms with E-state index < -0.39 is 0 Å². The highest BCUT2D eigenvalue weighted by Gasteiger charge is 2.42. The van der Waals surface area contributed by atoms with Gasteiger partial charge in [0.1, 0.15) is 0 Å². The van der Waals surface area contributed by atoms with Crippen LogP contribution in [0.5, 0.6) is 0 Å². The molecule has 2 aliphatic heterocycles. The molecule has 0 radical (unpaired) electrons. The number of rotatable bonds is 3. The van der Waals surface area contributed by atoms with Crippen molar-refractivity contribution in [2.75, 3.05) is 32.8 Å². The predicted octanol–water partition coefficient (Wildman–Crippen LogP) is 3.08. The van der Waals surface area contributed by atoms with Gasteiger partial charge in [0.15, 0.2) is 0 Å². The Kier molecular flexibility index (Phi) is 5.06. The summed E-state index contributed by atoms with van der Waals surface area (Å²) in [5.74, 6) is 1.06. The third-order valence-electron chi connectivity index (χ3n) is 6.28. The third kappa shape index (κ3) is 3.54. The monoisotopic (exact) mass is 376 g/mol. The zero-order valence-electron chi connectivity index (χ0n) is 15.5. The second-order valence-corrected chi connectivity index (χ2v) is 8.99. The van der Waals surface area contributed by atoms with Crippen LogP contribution < -0.4 is 0 Å². The molecular formula is C20H28N2O3S. The molecule has 4 rings (SSSR count). The molecule has 0 aromatic carbocycles. The van der Waals surface area contributed by atoms with Crippen molar-refractivity contribution in [1.29, 1.82) is 0 Å². The number of amides is 2. The smallest absolute Gasteiger partial charge is 0.264 e. The molecule has 142 valence electrons.